The van der Waals surface area contributed by atoms with Crippen molar-refractivity contribution in [3.05, 3.63) is 0 Å². The average molecular weight is 240 g/mol. The van der Waals surface area contributed by atoms with Gasteiger partial charge in [0.2, 0.25) is 0 Å². The number of hydrogen-bond donors (Lipinski definition) is 0. The van der Waals surface area contributed by atoms with Crippen LogP contribution in [0.2, 0.25) is 19.6 Å². The van der Waals surface area contributed by atoms with Gasteiger partial charge >= 0.3 is 0 Å². The average Bonchev–Trinajstić information content (AvgIpc) is 2.53. The monoisotopic (exact) mass is 240 g/mol. The third-order valence-corrected chi connectivity index (χ3v) is 5.03. The first kappa shape index (κ1) is 12.3. The maximum absolute atomic E-state index is 12.3. The molecule has 2 fully saturated rings. The third-order valence-electron chi connectivity index (χ3n) is 4.03. The second kappa shape index (κ2) is 4.26. The van der Waals surface area contributed by atoms with Crippen LogP contribution in [-0.4, -0.2) is 20.2 Å². The smallest absolute Gasteiger partial charge is 0.184 e. The Hall–Kier alpha value is -0.153. The van der Waals surface area contributed by atoms with E-state index in [9.17, 15) is 4.79 Å². The van der Waals surface area contributed by atoms with Crippen LogP contribution in [0.3, 0.4) is 0 Å². The molecule has 0 aromatic rings. The quantitative estimate of drug-likeness (QED) is 0.690. The molecule has 0 aromatic heterocycles. The van der Waals surface area contributed by atoms with Gasteiger partial charge in [-0.15, -0.1) is 0 Å². The summed E-state index contributed by atoms with van der Waals surface area (Å²) in [5, 5.41) is 0. The van der Waals surface area contributed by atoms with Gasteiger partial charge in [0.15, 0.2) is 8.32 Å². The predicted molar refractivity (Wildman–Crippen MR) is 68.0 cm³/mol. The van der Waals surface area contributed by atoms with E-state index in [1.54, 1.807) is 0 Å². The fourth-order valence-electron chi connectivity index (χ4n) is 3.36. The first-order valence-corrected chi connectivity index (χ1v) is 10.1. The van der Waals surface area contributed by atoms with Gasteiger partial charge in [0.05, 0.1) is 11.5 Å². The lowest BCUT2D eigenvalue weighted by Crippen LogP contribution is -2.46. The van der Waals surface area contributed by atoms with E-state index in [0.29, 0.717) is 5.78 Å². The summed E-state index contributed by atoms with van der Waals surface area (Å²) in [5.74, 6) is 0.500. The largest absolute Gasteiger partial charge is 0.414 e. The normalized spacial score (nSPS) is 35.9. The van der Waals surface area contributed by atoms with Crippen molar-refractivity contribution in [2.75, 3.05) is 0 Å². The molecule has 2 nitrogen and oxygen atoms in total. The highest BCUT2D eigenvalue weighted by Gasteiger charge is 2.50. The summed E-state index contributed by atoms with van der Waals surface area (Å²) in [7, 11) is -1.51. The Morgan fingerprint density at radius 1 is 1.19 bits per heavy atom. The Morgan fingerprint density at radius 2 is 1.88 bits per heavy atom. The molecule has 3 heteroatoms. The Labute approximate surface area is 99.9 Å². The fraction of sp³-hybridized carbons (Fsp3) is 0.923. The van der Waals surface area contributed by atoms with Crippen LogP contribution < -0.4 is 0 Å². The van der Waals surface area contributed by atoms with Gasteiger partial charge in [0.1, 0.15) is 5.78 Å². The minimum Gasteiger partial charge on any atom is -0.414 e. The second-order valence-electron chi connectivity index (χ2n) is 6.40. The highest BCUT2D eigenvalue weighted by atomic mass is 28.4. The highest BCUT2D eigenvalue weighted by molar-refractivity contribution is 6.69. The Morgan fingerprint density at radius 3 is 2.50 bits per heavy atom. The molecule has 2 atom stereocenters. The fourth-order valence-corrected chi connectivity index (χ4v) is 4.56. The van der Waals surface area contributed by atoms with Crippen LogP contribution in [0.1, 0.15) is 44.9 Å². The molecule has 0 aromatic carbocycles. The van der Waals surface area contributed by atoms with Gasteiger partial charge in [0, 0.05) is 6.42 Å². The molecule has 16 heavy (non-hydrogen) atoms. The van der Waals surface area contributed by atoms with Crippen LogP contribution in [0.4, 0.5) is 0 Å². The lowest BCUT2D eigenvalue weighted by Gasteiger charge is -2.40. The number of carbonyl (C=O) groups excluding carboxylic acids is 1. The number of ketones is 1. The van der Waals surface area contributed by atoms with Gasteiger partial charge < -0.3 is 4.43 Å². The topological polar surface area (TPSA) is 26.3 Å². The molecule has 92 valence electrons. The molecule has 2 aliphatic carbocycles. The van der Waals surface area contributed by atoms with Crippen molar-refractivity contribution in [2.45, 2.75) is 70.7 Å². The minimum atomic E-state index is -1.51. The van der Waals surface area contributed by atoms with Gasteiger partial charge in [-0.3, -0.25) is 4.79 Å². The molecule has 0 amide bonds. The van der Waals surface area contributed by atoms with Crippen LogP contribution in [-0.2, 0) is 9.22 Å². The number of carbonyl (C=O) groups is 1. The number of Topliss-reactive ketones (excluding diaryl/α,β-unsaturated/α-hetero) is 1. The zero-order chi connectivity index (χ0) is 11.8. The van der Waals surface area contributed by atoms with Gasteiger partial charge in [-0.1, -0.05) is 6.42 Å². The van der Waals surface area contributed by atoms with E-state index in [1.807, 2.05) is 0 Å². The summed E-state index contributed by atoms with van der Waals surface area (Å²) in [6.45, 7) is 6.69. The van der Waals surface area contributed by atoms with Crippen LogP contribution in [0, 0.1) is 5.41 Å². The van der Waals surface area contributed by atoms with Gasteiger partial charge in [-0.05, 0) is 51.7 Å². The van der Waals surface area contributed by atoms with Crippen LogP contribution >= 0.6 is 0 Å². The Balaban J connectivity index is 2.15. The molecule has 0 bridgehead atoms. The van der Waals surface area contributed by atoms with E-state index in [1.165, 1.54) is 12.8 Å². The number of hydrogen-bond acceptors (Lipinski definition) is 2. The van der Waals surface area contributed by atoms with Crippen molar-refractivity contribution in [3.8, 4) is 0 Å². The lowest BCUT2D eigenvalue weighted by molar-refractivity contribution is -0.136. The summed E-state index contributed by atoms with van der Waals surface area (Å²) in [6, 6.07) is 0. The van der Waals surface area contributed by atoms with Crippen LogP contribution in [0.15, 0.2) is 0 Å². The van der Waals surface area contributed by atoms with Crippen molar-refractivity contribution in [3.63, 3.8) is 0 Å². The zero-order valence-electron chi connectivity index (χ0n) is 10.8. The van der Waals surface area contributed by atoms with Crippen molar-refractivity contribution < 1.29 is 9.22 Å². The van der Waals surface area contributed by atoms with Crippen molar-refractivity contribution in [1.82, 2.24) is 0 Å². The standard InChI is InChI=1S/C13H24O2Si/c1-16(2,3)15-12-8-6-10-13(12)9-5-4-7-11(13)14/h12H,4-10H2,1-3H3/t12-,13-/m1/s1. The Bertz CT molecular complexity index is 282. The highest BCUT2D eigenvalue weighted by Crippen LogP contribution is 2.49. The van der Waals surface area contributed by atoms with Crippen LogP contribution in [0.5, 0.6) is 0 Å². The molecule has 0 radical (unpaired) electrons. The molecule has 2 saturated carbocycles. The zero-order valence-corrected chi connectivity index (χ0v) is 11.8. The van der Waals surface area contributed by atoms with Crippen LogP contribution in [0.25, 0.3) is 0 Å². The number of rotatable bonds is 2. The van der Waals surface area contributed by atoms with E-state index >= 15 is 0 Å². The summed E-state index contributed by atoms with van der Waals surface area (Å²) < 4.78 is 6.28. The second-order valence-corrected chi connectivity index (χ2v) is 10.9. The van der Waals surface area contributed by atoms with E-state index in [-0.39, 0.29) is 11.5 Å². The van der Waals surface area contributed by atoms with Gasteiger partial charge in [0.25, 0.3) is 0 Å². The van der Waals surface area contributed by atoms with E-state index < -0.39 is 8.32 Å². The van der Waals surface area contributed by atoms with Gasteiger partial charge in [-0.2, -0.15) is 0 Å². The molecule has 0 saturated heterocycles. The molecule has 0 heterocycles. The van der Waals surface area contributed by atoms with Gasteiger partial charge in [-0.25, -0.2) is 0 Å². The predicted octanol–water partition coefficient (Wildman–Crippen LogP) is 3.52. The van der Waals surface area contributed by atoms with Crippen molar-refractivity contribution in [2.24, 2.45) is 5.41 Å². The Kier molecular flexibility index (Phi) is 3.28. The maximum atomic E-state index is 12.3. The summed E-state index contributed by atoms with van der Waals surface area (Å²) in [6.07, 6.45) is 7.81. The maximum Gasteiger partial charge on any atom is 0.184 e. The molecular formula is C13H24O2Si. The van der Waals surface area contributed by atoms with Crippen molar-refractivity contribution in [1.29, 1.82) is 0 Å². The van der Waals surface area contributed by atoms with E-state index in [2.05, 4.69) is 19.6 Å². The molecule has 0 aliphatic heterocycles. The first-order chi connectivity index (χ1) is 7.44. The molecule has 2 aliphatic rings. The summed E-state index contributed by atoms with van der Waals surface area (Å²) >= 11 is 0. The SMILES string of the molecule is C[Si](C)(C)O[C@@H]1CCC[C@@]12CCCCC2=O. The minimum absolute atomic E-state index is 0.0709. The van der Waals surface area contributed by atoms with E-state index in [4.69, 9.17) is 4.43 Å². The molecular weight excluding hydrogens is 216 g/mol. The summed E-state index contributed by atoms with van der Waals surface area (Å²) in [4.78, 5) is 12.3. The molecule has 0 N–H and O–H groups in total. The van der Waals surface area contributed by atoms with E-state index in [0.717, 1.165) is 32.1 Å². The van der Waals surface area contributed by atoms with Crippen molar-refractivity contribution >= 4 is 14.1 Å². The summed E-state index contributed by atoms with van der Waals surface area (Å²) in [5.41, 5.74) is -0.0709. The molecule has 2 rings (SSSR count). The molecule has 1 spiro atoms. The first-order valence-electron chi connectivity index (χ1n) is 6.65. The molecule has 0 unspecified atom stereocenters. The third kappa shape index (κ3) is 2.25. The lowest BCUT2D eigenvalue weighted by atomic mass is 9.70.